The van der Waals surface area contributed by atoms with Crippen LogP contribution in [-0.2, 0) is 28.2 Å². The van der Waals surface area contributed by atoms with E-state index in [2.05, 4.69) is 17.1 Å². The van der Waals surface area contributed by atoms with Gasteiger partial charge in [0.2, 0.25) is 0 Å². The highest BCUT2D eigenvalue weighted by molar-refractivity contribution is 7.89. The van der Waals surface area contributed by atoms with Crippen LogP contribution >= 0.6 is 0 Å². The Morgan fingerprint density at radius 3 is 2.64 bits per heavy atom. The van der Waals surface area contributed by atoms with Gasteiger partial charge in [-0.3, -0.25) is 4.90 Å². The van der Waals surface area contributed by atoms with Gasteiger partial charge >= 0.3 is 6.09 Å². The fraction of sp³-hybridized carbons (Fsp3) is 0.474. The van der Waals surface area contributed by atoms with Gasteiger partial charge in [0.1, 0.15) is 6.10 Å². The first kappa shape index (κ1) is 17.7. The lowest BCUT2D eigenvalue weighted by atomic mass is 10.00. The van der Waals surface area contributed by atoms with Crippen LogP contribution in [0.3, 0.4) is 0 Å². The van der Waals surface area contributed by atoms with Crippen molar-refractivity contribution in [1.82, 2.24) is 18.8 Å². The summed E-state index contributed by atoms with van der Waals surface area (Å²) in [6.45, 7) is 0.735. The van der Waals surface area contributed by atoms with Gasteiger partial charge in [0.05, 0.1) is 12.4 Å². The number of amides is 1. The van der Waals surface area contributed by atoms with E-state index in [1.807, 2.05) is 17.0 Å². The second-order valence-corrected chi connectivity index (χ2v) is 9.57. The highest BCUT2D eigenvalue weighted by atomic mass is 32.2. The summed E-state index contributed by atoms with van der Waals surface area (Å²) in [7, 11) is -1.86. The minimum atomic E-state index is -3.60. The van der Waals surface area contributed by atoms with Crippen LogP contribution in [-0.4, -0.2) is 58.5 Å². The second kappa shape index (κ2) is 6.31. The van der Waals surface area contributed by atoms with Crippen LogP contribution in [0.5, 0.6) is 0 Å². The molecule has 9 heteroatoms. The van der Waals surface area contributed by atoms with Crippen molar-refractivity contribution < 1.29 is 17.9 Å². The second-order valence-electron chi connectivity index (χ2n) is 7.69. The molecule has 0 bridgehead atoms. The number of carbonyl (C=O) groups excluding carboxylic acids is 1. The van der Waals surface area contributed by atoms with Gasteiger partial charge in [-0.2, -0.15) is 4.31 Å². The van der Waals surface area contributed by atoms with Gasteiger partial charge in [-0.15, -0.1) is 0 Å². The van der Waals surface area contributed by atoms with Crippen LogP contribution in [0.1, 0.15) is 30.0 Å². The molecule has 0 radical (unpaired) electrons. The van der Waals surface area contributed by atoms with E-state index in [-0.39, 0.29) is 29.3 Å². The van der Waals surface area contributed by atoms with E-state index in [0.29, 0.717) is 25.9 Å². The van der Waals surface area contributed by atoms with E-state index in [4.69, 9.17) is 4.74 Å². The summed E-state index contributed by atoms with van der Waals surface area (Å²) in [6.07, 6.45) is 4.50. The molecule has 2 unspecified atom stereocenters. The number of aromatic nitrogens is 2. The largest absolute Gasteiger partial charge is 0.443 e. The Bertz CT molecular complexity index is 1030. The normalized spacial score (nSPS) is 25.6. The quantitative estimate of drug-likeness (QED) is 0.780. The van der Waals surface area contributed by atoms with Crippen molar-refractivity contribution >= 4 is 16.1 Å². The molecule has 0 saturated carbocycles. The zero-order valence-corrected chi connectivity index (χ0v) is 16.4. The summed E-state index contributed by atoms with van der Waals surface area (Å²) < 4.78 is 34.3. The first-order chi connectivity index (χ1) is 13.4. The number of rotatable bonds is 3. The molecule has 2 atom stereocenters. The van der Waals surface area contributed by atoms with Crippen molar-refractivity contribution in [3.63, 3.8) is 0 Å². The van der Waals surface area contributed by atoms with Gasteiger partial charge in [0.25, 0.3) is 10.0 Å². The number of benzene rings is 1. The van der Waals surface area contributed by atoms with Crippen molar-refractivity contribution in [3.05, 3.63) is 47.9 Å². The topological polar surface area (TPSA) is 84.7 Å². The molecular weight excluding hydrogens is 380 g/mol. The van der Waals surface area contributed by atoms with Gasteiger partial charge < -0.3 is 9.30 Å². The molecule has 2 fully saturated rings. The number of sulfonamides is 1. The van der Waals surface area contributed by atoms with E-state index in [1.54, 1.807) is 11.6 Å². The predicted octanol–water partition coefficient (Wildman–Crippen LogP) is 1.69. The van der Waals surface area contributed by atoms with Crippen molar-refractivity contribution in [2.24, 2.45) is 7.05 Å². The molecule has 148 valence electrons. The number of hydrogen-bond donors (Lipinski definition) is 0. The van der Waals surface area contributed by atoms with Crippen molar-refractivity contribution in [1.29, 1.82) is 0 Å². The summed E-state index contributed by atoms with van der Waals surface area (Å²) in [6, 6.07) is 8.06. The summed E-state index contributed by atoms with van der Waals surface area (Å²) in [5.74, 6) is 0. The Morgan fingerprint density at radius 2 is 1.93 bits per heavy atom. The van der Waals surface area contributed by atoms with E-state index < -0.39 is 10.0 Å². The highest BCUT2D eigenvalue weighted by Gasteiger charge is 2.50. The Hall–Kier alpha value is -2.39. The number of ether oxygens (including phenoxy) is 1. The van der Waals surface area contributed by atoms with E-state index in [1.165, 1.54) is 22.4 Å². The first-order valence-corrected chi connectivity index (χ1v) is 10.9. The van der Waals surface area contributed by atoms with Crippen molar-refractivity contribution in [3.8, 4) is 0 Å². The molecule has 1 aliphatic carbocycles. The van der Waals surface area contributed by atoms with Crippen LogP contribution in [0.2, 0.25) is 0 Å². The highest BCUT2D eigenvalue weighted by Crippen LogP contribution is 2.44. The van der Waals surface area contributed by atoms with Crippen molar-refractivity contribution in [2.45, 2.75) is 42.5 Å². The smallest absolute Gasteiger partial charge is 0.411 e. The number of aryl methyl sites for hydroxylation is 1. The number of piperidine rings is 1. The lowest BCUT2D eigenvalue weighted by Crippen LogP contribution is -2.47. The Kier molecular flexibility index (Phi) is 3.99. The average molecular weight is 402 g/mol. The lowest BCUT2D eigenvalue weighted by molar-refractivity contribution is 0.119. The zero-order chi connectivity index (χ0) is 19.5. The van der Waals surface area contributed by atoms with Gasteiger partial charge in [-0.1, -0.05) is 24.3 Å². The van der Waals surface area contributed by atoms with Gasteiger partial charge in [0.15, 0.2) is 5.03 Å². The summed E-state index contributed by atoms with van der Waals surface area (Å²) in [4.78, 5) is 18.4. The molecule has 2 saturated heterocycles. The Labute approximate surface area is 163 Å². The Morgan fingerprint density at radius 1 is 1.18 bits per heavy atom. The molecule has 5 rings (SSSR count). The molecule has 8 nitrogen and oxygen atoms in total. The predicted molar refractivity (Wildman–Crippen MR) is 100.0 cm³/mol. The van der Waals surface area contributed by atoms with E-state index in [9.17, 15) is 13.2 Å². The molecule has 0 N–H and O–H groups in total. The molecule has 3 heterocycles. The van der Waals surface area contributed by atoms with Crippen LogP contribution < -0.4 is 0 Å². The minimum absolute atomic E-state index is 0.0242. The third kappa shape index (κ3) is 2.64. The van der Waals surface area contributed by atoms with Gasteiger partial charge in [-0.05, 0) is 24.0 Å². The monoisotopic (exact) mass is 402 g/mol. The maximum absolute atomic E-state index is 12.8. The zero-order valence-electron chi connectivity index (χ0n) is 15.6. The van der Waals surface area contributed by atoms with Crippen LogP contribution in [0.25, 0.3) is 0 Å². The lowest BCUT2D eigenvalue weighted by Gasteiger charge is -2.37. The summed E-state index contributed by atoms with van der Waals surface area (Å²) >= 11 is 0. The van der Waals surface area contributed by atoms with Gasteiger partial charge in [-0.25, -0.2) is 18.2 Å². The maximum Gasteiger partial charge on any atom is 0.411 e. The number of imidazole rings is 1. The SMILES string of the molecule is Cn1cnc(S(=O)(=O)N2CCC(N3C(=O)OC4Cc5ccccc5C43)CC2)c1. The molecule has 1 amide bonds. The van der Waals surface area contributed by atoms with Gasteiger partial charge in [0, 0.05) is 38.8 Å². The molecular formula is C19H22N4O4S. The molecule has 2 aliphatic heterocycles. The minimum Gasteiger partial charge on any atom is -0.443 e. The fourth-order valence-corrected chi connectivity index (χ4v) is 6.10. The van der Waals surface area contributed by atoms with Crippen LogP contribution in [0.4, 0.5) is 4.79 Å². The number of carbonyl (C=O) groups is 1. The van der Waals surface area contributed by atoms with E-state index in [0.717, 1.165) is 12.0 Å². The average Bonchev–Trinajstić information content (AvgIpc) is 3.35. The Balaban J connectivity index is 1.34. The van der Waals surface area contributed by atoms with Crippen LogP contribution in [0, 0.1) is 0 Å². The first-order valence-electron chi connectivity index (χ1n) is 9.50. The number of nitrogens with zero attached hydrogens (tertiary/aromatic N) is 4. The molecule has 2 aromatic rings. The molecule has 0 spiro atoms. The standard InChI is InChI=1S/C19H22N4O4S/c1-21-11-17(20-12-21)28(25,26)22-8-6-14(7-9-22)23-18-15-5-3-2-4-13(15)10-16(18)27-19(23)24/h2-5,11-12,14,16,18H,6-10H2,1H3. The van der Waals surface area contributed by atoms with E-state index >= 15 is 0 Å². The van der Waals surface area contributed by atoms with Crippen molar-refractivity contribution in [2.75, 3.05) is 13.1 Å². The number of hydrogen-bond acceptors (Lipinski definition) is 5. The molecule has 3 aliphatic rings. The molecule has 1 aromatic heterocycles. The van der Waals surface area contributed by atoms with Crippen LogP contribution in [0.15, 0.2) is 41.8 Å². The summed E-state index contributed by atoms with van der Waals surface area (Å²) in [5.41, 5.74) is 2.38. The third-order valence-electron chi connectivity index (χ3n) is 6.01. The maximum atomic E-state index is 12.8. The molecule has 1 aromatic carbocycles. The summed E-state index contributed by atoms with van der Waals surface area (Å²) in [5, 5.41) is 0.0683. The molecule has 28 heavy (non-hydrogen) atoms. The third-order valence-corrected chi connectivity index (χ3v) is 7.80. The fourth-order valence-electron chi connectivity index (χ4n) is 4.67. The number of fused-ring (bicyclic) bond motifs is 3.